The van der Waals surface area contributed by atoms with E-state index in [1.165, 1.54) is 51.7 Å². The quantitative estimate of drug-likeness (QED) is 0.790. The Hall–Kier alpha value is -0.0800. The molecule has 1 aliphatic heterocycles. The predicted octanol–water partition coefficient (Wildman–Crippen LogP) is 2.64. The normalized spacial score (nSPS) is 26.2. The van der Waals surface area contributed by atoms with Crippen LogP contribution < -0.4 is 5.32 Å². The topological polar surface area (TPSA) is 15.3 Å². The summed E-state index contributed by atoms with van der Waals surface area (Å²) in [7, 11) is 0. The van der Waals surface area contributed by atoms with Crippen molar-refractivity contribution in [2.45, 2.75) is 65.0 Å². The molecule has 16 heavy (non-hydrogen) atoms. The highest BCUT2D eigenvalue weighted by molar-refractivity contribution is 5.00. The molecule has 1 N–H and O–H groups in total. The molecule has 1 heterocycles. The largest absolute Gasteiger partial charge is 0.312 e. The fraction of sp³-hybridized carbons (Fsp3) is 1.00. The van der Waals surface area contributed by atoms with Crippen molar-refractivity contribution in [1.29, 1.82) is 0 Å². The van der Waals surface area contributed by atoms with Crippen molar-refractivity contribution in [3.63, 3.8) is 0 Å². The standard InChI is InChI=1S/C14H28N2/c1-4-7-16-8-5-14(6-9-16)10-13(11-14)15-12(2)3/h12-13,15H,4-11H2,1-3H3. The maximum Gasteiger partial charge on any atom is 0.00800 e. The van der Waals surface area contributed by atoms with E-state index in [4.69, 9.17) is 0 Å². The first-order chi connectivity index (χ1) is 7.63. The zero-order chi connectivity index (χ0) is 11.6. The number of likely N-dealkylation sites (tertiary alicyclic amines) is 1. The van der Waals surface area contributed by atoms with Gasteiger partial charge in [-0.25, -0.2) is 0 Å². The summed E-state index contributed by atoms with van der Waals surface area (Å²) in [4.78, 5) is 2.65. The van der Waals surface area contributed by atoms with Gasteiger partial charge >= 0.3 is 0 Å². The molecule has 2 nitrogen and oxygen atoms in total. The van der Waals surface area contributed by atoms with E-state index in [-0.39, 0.29) is 0 Å². The summed E-state index contributed by atoms with van der Waals surface area (Å²) in [5, 5.41) is 3.67. The van der Waals surface area contributed by atoms with Crippen LogP contribution in [0.1, 0.15) is 52.9 Å². The van der Waals surface area contributed by atoms with Crippen LogP contribution in [0.4, 0.5) is 0 Å². The SMILES string of the molecule is CCCN1CCC2(CC1)CC(NC(C)C)C2. The van der Waals surface area contributed by atoms with Crippen LogP contribution >= 0.6 is 0 Å². The average Bonchev–Trinajstić information content (AvgIpc) is 2.18. The van der Waals surface area contributed by atoms with Gasteiger partial charge in [0, 0.05) is 12.1 Å². The third-order valence-corrected chi connectivity index (χ3v) is 4.38. The van der Waals surface area contributed by atoms with E-state index in [2.05, 4.69) is 31.0 Å². The van der Waals surface area contributed by atoms with Crippen molar-refractivity contribution >= 4 is 0 Å². The van der Waals surface area contributed by atoms with Gasteiger partial charge in [0.05, 0.1) is 0 Å². The van der Waals surface area contributed by atoms with Crippen molar-refractivity contribution in [2.75, 3.05) is 19.6 Å². The molecule has 0 amide bonds. The van der Waals surface area contributed by atoms with E-state index < -0.39 is 0 Å². The number of hydrogen-bond acceptors (Lipinski definition) is 2. The van der Waals surface area contributed by atoms with Gasteiger partial charge in [-0.2, -0.15) is 0 Å². The van der Waals surface area contributed by atoms with Crippen molar-refractivity contribution < 1.29 is 0 Å². The van der Waals surface area contributed by atoms with Gasteiger partial charge in [0.15, 0.2) is 0 Å². The highest BCUT2D eigenvalue weighted by atomic mass is 15.1. The van der Waals surface area contributed by atoms with Crippen molar-refractivity contribution in [3.8, 4) is 0 Å². The molecular weight excluding hydrogens is 196 g/mol. The van der Waals surface area contributed by atoms with Gasteiger partial charge in [0.1, 0.15) is 0 Å². The van der Waals surface area contributed by atoms with Gasteiger partial charge in [-0.1, -0.05) is 20.8 Å². The molecule has 1 saturated carbocycles. The predicted molar refractivity (Wildman–Crippen MR) is 69.7 cm³/mol. The number of rotatable bonds is 4. The Bertz CT molecular complexity index is 209. The van der Waals surface area contributed by atoms with Gasteiger partial charge in [-0.15, -0.1) is 0 Å². The molecule has 1 aliphatic carbocycles. The minimum absolute atomic E-state index is 0.655. The fourth-order valence-corrected chi connectivity index (χ4v) is 3.55. The number of piperidine rings is 1. The summed E-state index contributed by atoms with van der Waals surface area (Å²) in [5.41, 5.74) is 0.733. The second-order valence-corrected chi connectivity index (χ2v) is 6.27. The summed E-state index contributed by atoms with van der Waals surface area (Å²) in [6.07, 6.45) is 7.08. The van der Waals surface area contributed by atoms with E-state index in [1.807, 2.05) is 0 Å². The molecule has 0 bridgehead atoms. The Labute approximate surface area is 101 Å². The van der Waals surface area contributed by atoms with Crippen LogP contribution in [0.3, 0.4) is 0 Å². The lowest BCUT2D eigenvalue weighted by Gasteiger charge is -2.53. The summed E-state index contributed by atoms with van der Waals surface area (Å²) >= 11 is 0. The summed E-state index contributed by atoms with van der Waals surface area (Å²) < 4.78 is 0. The van der Waals surface area contributed by atoms with Crippen LogP contribution in [0.2, 0.25) is 0 Å². The molecule has 1 spiro atoms. The maximum atomic E-state index is 3.67. The number of hydrogen-bond donors (Lipinski definition) is 1. The third kappa shape index (κ3) is 2.78. The van der Waals surface area contributed by atoms with E-state index in [0.717, 1.165) is 11.5 Å². The monoisotopic (exact) mass is 224 g/mol. The molecule has 0 aromatic carbocycles. The molecule has 2 heteroatoms. The van der Waals surface area contributed by atoms with E-state index in [1.54, 1.807) is 0 Å². The molecular formula is C14H28N2. The van der Waals surface area contributed by atoms with E-state index in [0.29, 0.717) is 6.04 Å². The summed E-state index contributed by atoms with van der Waals surface area (Å²) in [6.45, 7) is 10.8. The number of nitrogens with one attached hydrogen (secondary N) is 1. The molecule has 2 aliphatic rings. The first-order valence-corrected chi connectivity index (χ1v) is 7.12. The van der Waals surface area contributed by atoms with Crippen molar-refractivity contribution in [1.82, 2.24) is 10.2 Å². The molecule has 2 fully saturated rings. The molecule has 0 radical (unpaired) electrons. The molecule has 1 saturated heterocycles. The Morgan fingerprint density at radius 3 is 2.38 bits per heavy atom. The minimum atomic E-state index is 0.655. The van der Waals surface area contributed by atoms with Gasteiger partial charge < -0.3 is 10.2 Å². The molecule has 0 atom stereocenters. The molecule has 0 unspecified atom stereocenters. The molecule has 94 valence electrons. The highest BCUT2D eigenvalue weighted by Gasteiger charge is 2.45. The average molecular weight is 224 g/mol. The maximum absolute atomic E-state index is 3.67. The van der Waals surface area contributed by atoms with Crippen molar-refractivity contribution in [3.05, 3.63) is 0 Å². The lowest BCUT2D eigenvalue weighted by molar-refractivity contribution is 0.00389. The fourth-order valence-electron chi connectivity index (χ4n) is 3.55. The Morgan fingerprint density at radius 2 is 1.88 bits per heavy atom. The van der Waals surface area contributed by atoms with Crippen LogP contribution in [-0.4, -0.2) is 36.6 Å². The zero-order valence-corrected chi connectivity index (χ0v) is 11.3. The lowest BCUT2D eigenvalue weighted by atomic mass is 9.60. The van der Waals surface area contributed by atoms with Gasteiger partial charge in [-0.3, -0.25) is 0 Å². The first-order valence-electron chi connectivity index (χ1n) is 7.12. The first kappa shape index (κ1) is 12.4. The Kier molecular flexibility index (Phi) is 3.91. The second kappa shape index (κ2) is 5.05. The zero-order valence-electron chi connectivity index (χ0n) is 11.3. The summed E-state index contributed by atoms with van der Waals surface area (Å²) in [6, 6.07) is 1.47. The Morgan fingerprint density at radius 1 is 1.25 bits per heavy atom. The van der Waals surface area contributed by atoms with Crippen LogP contribution in [0.25, 0.3) is 0 Å². The highest BCUT2D eigenvalue weighted by Crippen LogP contribution is 2.49. The van der Waals surface area contributed by atoms with Gasteiger partial charge in [0.2, 0.25) is 0 Å². The minimum Gasteiger partial charge on any atom is -0.312 e. The lowest BCUT2D eigenvalue weighted by Crippen LogP contribution is -2.55. The van der Waals surface area contributed by atoms with Crippen molar-refractivity contribution in [2.24, 2.45) is 5.41 Å². The molecule has 0 aromatic rings. The van der Waals surface area contributed by atoms with Gasteiger partial charge in [-0.05, 0) is 57.2 Å². The van der Waals surface area contributed by atoms with Crippen LogP contribution in [0.15, 0.2) is 0 Å². The third-order valence-electron chi connectivity index (χ3n) is 4.38. The Balaban J connectivity index is 1.70. The van der Waals surface area contributed by atoms with Crippen LogP contribution in [-0.2, 0) is 0 Å². The van der Waals surface area contributed by atoms with E-state index in [9.17, 15) is 0 Å². The van der Waals surface area contributed by atoms with E-state index >= 15 is 0 Å². The molecule has 2 rings (SSSR count). The smallest absolute Gasteiger partial charge is 0.00800 e. The summed E-state index contributed by atoms with van der Waals surface area (Å²) in [5.74, 6) is 0. The second-order valence-electron chi connectivity index (χ2n) is 6.27. The van der Waals surface area contributed by atoms with Gasteiger partial charge in [0.25, 0.3) is 0 Å². The number of nitrogens with zero attached hydrogens (tertiary/aromatic N) is 1. The van der Waals surface area contributed by atoms with Crippen LogP contribution in [0, 0.1) is 5.41 Å². The van der Waals surface area contributed by atoms with Crippen LogP contribution in [0.5, 0.6) is 0 Å². The molecule has 0 aromatic heterocycles.